The van der Waals surface area contributed by atoms with Crippen molar-refractivity contribution in [2.24, 2.45) is 0 Å². The predicted octanol–water partition coefficient (Wildman–Crippen LogP) is 0.483. The summed E-state index contributed by atoms with van der Waals surface area (Å²) in [7, 11) is 0. The van der Waals surface area contributed by atoms with Crippen LogP contribution in [0.1, 0.15) is 12.2 Å². The van der Waals surface area contributed by atoms with E-state index in [4.69, 9.17) is 0 Å². The zero-order valence-corrected chi connectivity index (χ0v) is 13.4. The summed E-state index contributed by atoms with van der Waals surface area (Å²) in [6.45, 7) is 3.11. The number of rotatable bonds is 5. The molecule has 1 amide bonds. The summed E-state index contributed by atoms with van der Waals surface area (Å²) in [4.78, 5) is 22.0. The van der Waals surface area contributed by atoms with E-state index in [2.05, 4.69) is 15.3 Å². The SMILES string of the molecule is Cc1nccn1CC(=O)NCC1(O)CCN(c2ccc(F)cn2)C1. The van der Waals surface area contributed by atoms with Gasteiger partial charge in [-0.25, -0.2) is 14.4 Å². The summed E-state index contributed by atoms with van der Waals surface area (Å²) in [5.74, 6) is 0.809. The Labute approximate surface area is 139 Å². The molecule has 128 valence electrons. The first-order valence-corrected chi connectivity index (χ1v) is 7.78. The molecule has 0 aromatic carbocycles. The number of hydrogen-bond donors (Lipinski definition) is 2. The van der Waals surface area contributed by atoms with Gasteiger partial charge >= 0.3 is 0 Å². The lowest BCUT2D eigenvalue weighted by Crippen LogP contribution is -2.45. The molecule has 0 saturated carbocycles. The molecule has 2 aromatic heterocycles. The number of carbonyl (C=O) groups is 1. The molecule has 1 aliphatic heterocycles. The van der Waals surface area contributed by atoms with E-state index in [1.54, 1.807) is 23.0 Å². The van der Waals surface area contributed by atoms with Gasteiger partial charge in [0.05, 0.1) is 6.20 Å². The Bertz CT molecular complexity index is 718. The van der Waals surface area contributed by atoms with Crippen molar-refractivity contribution in [2.45, 2.75) is 25.5 Å². The second-order valence-corrected chi connectivity index (χ2v) is 6.11. The number of pyridine rings is 1. The van der Waals surface area contributed by atoms with Crippen molar-refractivity contribution < 1.29 is 14.3 Å². The van der Waals surface area contributed by atoms with E-state index in [0.29, 0.717) is 25.3 Å². The fourth-order valence-electron chi connectivity index (χ4n) is 2.80. The Morgan fingerprint density at radius 2 is 2.29 bits per heavy atom. The van der Waals surface area contributed by atoms with Gasteiger partial charge < -0.3 is 19.9 Å². The number of imidazole rings is 1. The van der Waals surface area contributed by atoms with Crippen LogP contribution >= 0.6 is 0 Å². The van der Waals surface area contributed by atoms with Crippen LogP contribution in [0.25, 0.3) is 0 Å². The zero-order valence-electron chi connectivity index (χ0n) is 13.4. The van der Waals surface area contributed by atoms with Gasteiger partial charge in [0.2, 0.25) is 5.91 Å². The topological polar surface area (TPSA) is 83.3 Å². The van der Waals surface area contributed by atoms with E-state index in [-0.39, 0.29) is 19.0 Å². The summed E-state index contributed by atoms with van der Waals surface area (Å²) < 4.78 is 14.7. The third kappa shape index (κ3) is 3.70. The average molecular weight is 333 g/mol. The molecular weight excluding hydrogens is 313 g/mol. The Morgan fingerprint density at radius 3 is 2.96 bits per heavy atom. The molecule has 0 spiro atoms. The standard InChI is InChI=1S/C16H20FN5O2/c1-12-18-5-7-21(12)9-15(23)20-10-16(24)4-6-22(11-16)14-3-2-13(17)8-19-14/h2-3,5,7-8,24H,4,6,9-11H2,1H3,(H,20,23). The zero-order chi connectivity index (χ0) is 17.2. The molecule has 1 atom stereocenters. The molecule has 1 saturated heterocycles. The molecule has 3 rings (SSSR count). The minimum atomic E-state index is -1.02. The van der Waals surface area contributed by atoms with Gasteiger partial charge in [-0.05, 0) is 25.5 Å². The molecule has 7 nitrogen and oxygen atoms in total. The summed E-state index contributed by atoms with van der Waals surface area (Å²) in [6.07, 6.45) is 5.04. The summed E-state index contributed by atoms with van der Waals surface area (Å²) in [6, 6.07) is 2.93. The Balaban J connectivity index is 1.53. The number of halogens is 1. The van der Waals surface area contributed by atoms with Gasteiger partial charge in [-0.1, -0.05) is 0 Å². The van der Waals surface area contributed by atoms with Gasteiger partial charge in [-0.3, -0.25) is 4.79 Å². The van der Waals surface area contributed by atoms with Crippen LogP contribution < -0.4 is 10.2 Å². The summed E-state index contributed by atoms with van der Waals surface area (Å²) in [5.41, 5.74) is -1.02. The van der Waals surface area contributed by atoms with Crippen molar-refractivity contribution in [3.63, 3.8) is 0 Å². The number of β-amino-alcohol motifs (C(OH)–C–C–N with tert-alkyl or cyclic N) is 1. The Morgan fingerprint density at radius 1 is 1.46 bits per heavy atom. The second-order valence-electron chi connectivity index (χ2n) is 6.11. The highest BCUT2D eigenvalue weighted by Crippen LogP contribution is 2.25. The van der Waals surface area contributed by atoms with E-state index in [1.165, 1.54) is 6.07 Å². The van der Waals surface area contributed by atoms with Crippen LogP contribution in [0, 0.1) is 12.7 Å². The number of nitrogens with one attached hydrogen (secondary N) is 1. The van der Waals surface area contributed by atoms with Crippen molar-refractivity contribution in [1.82, 2.24) is 19.9 Å². The lowest BCUT2D eigenvalue weighted by molar-refractivity contribution is -0.122. The third-order valence-electron chi connectivity index (χ3n) is 4.22. The van der Waals surface area contributed by atoms with Crippen LogP contribution in [0.4, 0.5) is 10.2 Å². The van der Waals surface area contributed by atoms with Crippen LogP contribution in [0.3, 0.4) is 0 Å². The highest BCUT2D eigenvalue weighted by molar-refractivity contribution is 5.75. The van der Waals surface area contributed by atoms with Crippen molar-refractivity contribution in [1.29, 1.82) is 0 Å². The minimum Gasteiger partial charge on any atom is -0.386 e. The van der Waals surface area contributed by atoms with Gasteiger partial charge in [0, 0.05) is 32.0 Å². The number of nitrogens with zero attached hydrogens (tertiary/aromatic N) is 4. The molecule has 1 fully saturated rings. The molecular formula is C16H20FN5O2. The van der Waals surface area contributed by atoms with Crippen molar-refractivity contribution in [3.8, 4) is 0 Å². The highest BCUT2D eigenvalue weighted by Gasteiger charge is 2.36. The van der Waals surface area contributed by atoms with Gasteiger partial charge in [-0.15, -0.1) is 0 Å². The molecule has 3 heterocycles. The lowest BCUT2D eigenvalue weighted by Gasteiger charge is -2.24. The Kier molecular flexibility index (Phi) is 4.48. The molecule has 0 bridgehead atoms. The van der Waals surface area contributed by atoms with Crippen LogP contribution in [0.15, 0.2) is 30.7 Å². The maximum atomic E-state index is 12.9. The van der Waals surface area contributed by atoms with Crippen LogP contribution in [0.2, 0.25) is 0 Å². The fourth-order valence-corrected chi connectivity index (χ4v) is 2.80. The molecule has 1 unspecified atom stereocenters. The predicted molar refractivity (Wildman–Crippen MR) is 85.9 cm³/mol. The molecule has 8 heteroatoms. The quantitative estimate of drug-likeness (QED) is 0.832. The van der Waals surface area contributed by atoms with E-state index in [1.807, 2.05) is 11.8 Å². The number of amides is 1. The number of anilines is 1. The number of aliphatic hydroxyl groups is 1. The van der Waals surface area contributed by atoms with E-state index in [9.17, 15) is 14.3 Å². The van der Waals surface area contributed by atoms with Crippen LogP contribution in [-0.4, -0.2) is 50.8 Å². The largest absolute Gasteiger partial charge is 0.386 e. The van der Waals surface area contributed by atoms with E-state index < -0.39 is 11.4 Å². The molecule has 24 heavy (non-hydrogen) atoms. The van der Waals surface area contributed by atoms with Gasteiger partial charge in [0.25, 0.3) is 0 Å². The number of aryl methyl sites for hydroxylation is 1. The average Bonchev–Trinajstić information content (AvgIpc) is 3.14. The van der Waals surface area contributed by atoms with Crippen molar-refractivity contribution in [3.05, 3.63) is 42.4 Å². The van der Waals surface area contributed by atoms with Crippen LogP contribution in [0.5, 0.6) is 0 Å². The smallest absolute Gasteiger partial charge is 0.240 e. The molecule has 1 aliphatic rings. The normalized spacial score (nSPS) is 20.4. The van der Waals surface area contributed by atoms with Crippen molar-refractivity contribution in [2.75, 3.05) is 24.5 Å². The Hall–Kier alpha value is -2.48. The van der Waals surface area contributed by atoms with E-state index >= 15 is 0 Å². The molecule has 0 radical (unpaired) electrons. The third-order valence-corrected chi connectivity index (χ3v) is 4.22. The number of carbonyl (C=O) groups excluding carboxylic acids is 1. The minimum absolute atomic E-state index is 0.164. The maximum absolute atomic E-state index is 12.9. The lowest BCUT2D eigenvalue weighted by atomic mass is 10.0. The number of aromatic nitrogens is 3. The highest BCUT2D eigenvalue weighted by atomic mass is 19.1. The summed E-state index contributed by atoms with van der Waals surface area (Å²) >= 11 is 0. The first-order valence-electron chi connectivity index (χ1n) is 7.78. The van der Waals surface area contributed by atoms with Crippen molar-refractivity contribution >= 4 is 11.7 Å². The maximum Gasteiger partial charge on any atom is 0.240 e. The van der Waals surface area contributed by atoms with E-state index in [0.717, 1.165) is 12.0 Å². The molecule has 2 N–H and O–H groups in total. The molecule has 2 aromatic rings. The monoisotopic (exact) mass is 333 g/mol. The van der Waals surface area contributed by atoms with Crippen LogP contribution in [-0.2, 0) is 11.3 Å². The fraction of sp³-hybridized carbons (Fsp3) is 0.438. The summed E-state index contributed by atoms with van der Waals surface area (Å²) in [5, 5.41) is 13.4. The number of hydrogen-bond acceptors (Lipinski definition) is 5. The first kappa shape index (κ1) is 16.4. The van der Waals surface area contributed by atoms with Gasteiger partial charge in [0.1, 0.15) is 29.6 Å². The first-order chi connectivity index (χ1) is 11.5. The second kappa shape index (κ2) is 6.56. The van der Waals surface area contributed by atoms with Gasteiger partial charge in [-0.2, -0.15) is 0 Å². The van der Waals surface area contributed by atoms with Gasteiger partial charge in [0.15, 0.2) is 0 Å². The molecule has 0 aliphatic carbocycles.